The minimum absolute atomic E-state index is 0.0162. The topological polar surface area (TPSA) is 384 Å². The van der Waals surface area contributed by atoms with E-state index in [4.69, 9.17) is 11.3 Å². The van der Waals surface area contributed by atoms with Gasteiger partial charge >= 0.3 is 47.9 Å². The van der Waals surface area contributed by atoms with Crippen LogP contribution < -0.4 is 32.3 Å². The van der Waals surface area contributed by atoms with Crippen LogP contribution in [0.4, 0.5) is 9.59 Å². The van der Waals surface area contributed by atoms with Crippen LogP contribution in [0.25, 0.3) is 0 Å². The van der Waals surface area contributed by atoms with E-state index in [-0.39, 0.29) is 70.0 Å². The predicted molar refractivity (Wildman–Crippen MR) is 224 cm³/mol. The van der Waals surface area contributed by atoms with Crippen LogP contribution in [0, 0.1) is 11.8 Å². The number of amides is 5. The molecule has 1 rings (SSSR count). The van der Waals surface area contributed by atoms with Gasteiger partial charge in [0, 0.05) is 56.3 Å². The number of carbonyl (C=O) groups is 11. The summed E-state index contributed by atoms with van der Waals surface area (Å²) in [6.07, 6.45) is -2.64. The molecule has 0 aliphatic heterocycles. The largest absolute Gasteiger partial charge is 0.481 e. The number of urea groups is 2. The van der Waals surface area contributed by atoms with Gasteiger partial charge in [0.15, 0.2) is 5.78 Å². The number of unbranched alkanes of at least 4 members (excludes halogenated alkanes) is 1. The number of nitrogens with one attached hydrogen (secondary N) is 5. The fraction of sp³-hybridized carbons (Fsp3) is 0.553. The van der Waals surface area contributed by atoms with E-state index in [9.17, 15) is 73.2 Å². The fourth-order valence-electron chi connectivity index (χ4n) is 5.41. The Bertz CT molecular complexity index is 1770. The first-order valence-electron chi connectivity index (χ1n) is 19.9. The van der Waals surface area contributed by atoms with Crippen LogP contribution in [-0.2, 0) is 60.9 Å². The normalized spacial score (nSPS) is 12.8. The summed E-state index contributed by atoms with van der Waals surface area (Å²) in [6, 6.07) is 2.20. The highest BCUT2D eigenvalue weighted by Gasteiger charge is 2.33. The monoisotopic (exact) mass is 931 g/mol. The van der Waals surface area contributed by atoms with Gasteiger partial charge in [-0.05, 0) is 36.8 Å². The predicted octanol–water partition coefficient (Wildman–Crippen LogP) is 0.369. The quantitative estimate of drug-likeness (QED) is 0.0249. The highest BCUT2D eigenvalue weighted by atomic mass is 33.1. The smallest absolute Gasteiger partial charge is 0.326 e. The summed E-state index contributed by atoms with van der Waals surface area (Å²) in [7, 11) is 2.21. The van der Waals surface area contributed by atoms with Gasteiger partial charge in [-0.3, -0.25) is 38.4 Å². The molecule has 1 aromatic rings. The summed E-state index contributed by atoms with van der Waals surface area (Å²) in [5.74, 6) is -12.4. The number of rotatable bonds is 35. The molecule has 0 heterocycles. The third kappa shape index (κ3) is 26.2. The lowest BCUT2D eigenvalue weighted by Crippen LogP contribution is -2.46. The number of ketones is 2. The molecule has 12 N–H and O–H groups in total. The fourth-order valence-corrected chi connectivity index (χ4v) is 7.54. The molecule has 5 amide bonds. The maximum Gasteiger partial charge on any atom is 0.326 e. The summed E-state index contributed by atoms with van der Waals surface area (Å²) in [6.45, 7) is -0.00511. The Hall–Kier alpha value is -5.95. The van der Waals surface area contributed by atoms with Gasteiger partial charge in [0.25, 0.3) is 0 Å². The summed E-state index contributed by atoms with van der Waals surface area (Å²) >= 11 is 0. The Balaban J connectivity index is 2.65. The molecule has 0 aliphatic carbocycles. The average molecular weight is 932 g/mol. The Labute approximate surface area is 370 Å². The van der Waals surface area contributed by atoms with E-state index in [1.807, 2.05) is 5.73 Å². The standard InChI is InChI=1S/C38H54N6O17S2/c39-19-34(54)61-12-13-62-63-21-25(35(55)56)16-28(45)24(17-32(50)51)15-29(46)27(18-33(52)53)43-30(47)14-22-6-8-23(9-7-22)20-42-37(59)40-10-2-1-4-26(36(57)58)44-38(60)41-11-3-5-31(48)49/h6-9,24-27H,1-5,10-21,39H2,(H,43,47)(H,48,49)(H,50,51)(H,52,53)(H,55,56)(H,57,58)(H2,40,42,59)(H2,41,44,60)/t24-,25-,26-,27-/m0/s1/i/hD. The zero-order valence-electron chi connectivity index (χ0n) is 35.1. The summed E-state index contributed by atoms with van der Waals surface area (Å²) < 4.78 is 11.6. The van der Waals surface area contributed by atoms with E-state index in [1.54, 1.807) is 24.3 Å². The van der Waals surface area contributed by atoms with Crippen molar-refractivity contribution in [3.05, 3.63) is 35.4 Å². The lowest BCUT2D eigenvalue weighted by molar-refractivity contribution is -0.145. The molecular formula is C38H54N6O17S2. The number of carboxylic acids is 5. The lowest BCUT2D eigenvalue weighted by atomic mass is 9.87. The maximum atomic E-state index is 13.3. The first kappa shape index (κ1) is 53.2. The van der Waals surface area contributed by atoms with Gasteiger partial charge in [-0.15, -0.1) is 0 Å². The molecule has 0 aromatic heterocycles. The molecule has 0 saturated heterocycles. The minimum Gasteiger partial charge on any atom is -0.481 e. The second-order valence-corrected chi connectivity index (χ2v) is 16.4. The minimum atomic E-state index is -1.64. The molecular weight excluding hydrogens is 877 g/mol. The molecule has 4 atom stereocenters. The van der Waals surface area contributed by atoms with Crippen LogP contribution in [0.5, 0.6) is 0 Å². The van der Waals surface area contributed by atoms with Crippen LogP contribution in [0.15, 0.2) is 24.3 Å². The number of carbonyl (C=O) groups excluding carboxylic acids is 6. The van der Waals surface area contributed by atoms with E-state index in [0.29, 0.717) is 24.0 Å². The van der Waals surface area contributed by atoms with Gasteiger partial charge in [-0.1, -0.05) is 45.9 Å². The molecule has 0 unspecified atom stereocenters. The highest BCUT2D eigenvalue weighted by molar-refractivity contribution is 8.76. The van der Waals surface area contributed by atoms with Crippen molar-refractivity contribution < 1.29 is 84.4 Å². The Morgan fingerprint density at radius 2 is 1.29 bits per heavy atom. The van der Waals surface area contributed by atoms with Crippen molar-refractivity contribution >= 4 is 86.9 Å². The Morgan fingerprint density at radius 3 is 1.90 bits per heavy atom. The van der Waals surface area contributed by atoms with Gasteiger partial charge < -0.3 is 62.6 Å². The second-order valence-electron chi connectivity index (χ2n) is 13.8. The Kier molecular flexibility index (Phi) is 26.2. The van der Waals surface area contributed by atoms with Gasteiger partial charge in [0.05, 0.1) is 37.8 Å². The molecule has 63 heavy (non-hydrogen) atoms. The van der Waals surface area contributed by atoms with E-state index < -0.39 is 115 Å². The third-order valence-corrected chi connectivity index (χ3v) is 11.1. The van der Waals surface area contributed by atoms with E-state index in [0.717, 1.165) is 21.6 Å². The van der Waals surface area contributed by atoms with Crippen molar-refractivity contribution in [2.24, 2.45) is 17.6 Å². The second kappa shape index (κ2) is 31.0. The van der Waals surface area contributed by atoms with Gasteiger partial charge in [-0.2, -0.15) is 0 Å². The number of benzene rings is 1. The Morgan fingerprint density at radius 1 is 0.651 bits per heavy atom. The summed E-state index contributed by atoms with van der Waals surface area (Å²) in [5.41, 5.74) is 2.95. The number of hydrogen-bond acceptors (Lipinski definition) is 15. The number of hydrogen-bond donors (Lipinski definition) is 11. The molecule has 350 valence electrons. The molecule has 25 heteroatoms. The molecule has 0 aliphatic rings. The summed E-state index contributed by atoms with van der Waals surface area (Å²) in [4.78, 5) is 132. The number of esters is 1. The number of aliphatic carboxylic acids is 5. The number of Topliss-reactive ketones (excluding diaryl/α,β-unsaturated/α-hetero) is 2. The zero-order valence-corrected chi connectivity index (χ0v) is 35.7. The van der Waals surface area contributed by atoms with Crippen LogP contribution in [0.3, 0.4) is 0 Å². The maximum absolute atomic E-state index is 13.3. The molecule has 23 nitrogen and oxygen atoms in total. The van der Waals surface area contributed by atoms with Crippen LogP contribution >= 0.6 is 21.6 Å². The van der Waals surface area contributed by atoms with Crippen molar-refractivity contribution in [3.8, 4) is 0 Å². The summed E-state index contributed by atoms with van der Waals surface area (Å²) in [5, 5.41) is 58.8. The van der Waals surface area contributed by atoms with Crippen molar-refractivity contribution in [1.29, 1.82) is 0 Å². The van der Waals surface area contributed by atoms with Crippen molar-refractivity contribution in [2.45, 2.75) is 82.8 Å². The SMILES string of the molecule is [2H]NCC(=O)OCCSSC[C@H](CC(=O)[C@H](CC(=O)O)CC(=O)[C@H](CC(=O)O)NC(=O)Cc1ccc(CNC(=O)NCCCC[C@H](NC(=O)NCCCC(=O)O)C(=O)O)cc1)C(=O)O. The first-order valence-corrected chi connectivity index (χ1v) is 21.9. The first-order chi connectivity index (χ1) is 30.3. The molecule has 0 fully saturated rings. The van der Waals surface area contributed by atoms with Gasteiger partial charge in [0.1, 0.15) is 19.8 Å². The van der Waals surface area contributed by atoms with Crippen LogP contribution in [-0.4, -0.2) is 141 Å². The molecule has 0 bridgehead atoms. The van der Waals surface area contributed by atoms with Crippen LogP contribution in [0.2, 0.25) is 1.41 Å². The van der Waals surface area contributed by atoms with Crippen molar-refractivity contribution in [3.63, 3.8) is 0 Å². The molecule has 0 spiro atoms. The van der Waals surface area contributed by atoms with E-state index in [1.165, 1.54) is 0 Å². The average Bonchev–Trinajstić information content (AvgIpc) is 3.21. The van der Waals surface area contributed by atoms with E-state index in [2.05, 4.69) is 26.6 Å². The van der Waals surface area contributed by atoms with Crippen molar-refractivity contribution in [1.82, 2.24) is 26.6 Å². The molecule has 0 saturated carbocycles. The lowest BCUT2D eigenvalue weighted by Gasteiger charge is -2.20. The third-order valence-electron chi connectivity index (χ3n) is 8.65. The van der Waals surface area contributed by atoms with E-state index >= 15 is 0 Å². The number of ether oxygens (including phenoxy) is 1. The molecule has 1 aromatic carbocycles. The van der Waals surface area contributed by atoms with Gasteiger partial charge in [-0.25, -0.2) is 14.4 Å². The number of carboxylic acid groups (broad SMARTS) is 5. The zero-order chi connectivity index (χ0) is 48.0. The van der Waals surface area contributed by atoms with Crippen LogP contribution in [0.1, 0.15) is 68.9 Å². The van der Waals surface area contributed by atoms with Crippen molar-refractivity contribution in [2.75, 3.05) is 37.7 Å². The number of nitrogens with two attached hydrogens (primary N) is 1. The highest BCUT2D eigenvalue weighted by Crippen LogP contribution is 2.27. The van der Waals surface area contributed by atoms with Gasteiger partial charge in [0.2, 0.25) is 5.91 Å². The molecule has 0 radical (unpaired) electrons.